The number of aromatic carboxylic acids is 1. The average molecular weight is 294 g/mol. The Labute approximate surface area is 122 Å². The molecular formula is C15H16ClNO3. The number of carbonyl (C=O) groups is 1. The number of carboxylic acids is 1. The van der Waals surface area contributed by atoms with E-state index in [0.29, 0.717) is 10.7 Å². The van der Waals surface area contributed by atoms with Crippen molar-refractivity contribution >= 4 is 23.3 Å². The van der Waals surface area contributed by atoms with Gasteiger partial charge < -0.3 is 14.8 Å². The minimum Gasteiger partial charge on any atom is -0.478 e. The van der Waals surface area contributed by atoms with Crippen molar-refractivity contribution in [1.82, 2.24) is 0 Å². The minimum absolute atomic E-state index is 0.108. The normalized spacial score (nSPS) is 12.1. The third-order valence-electron chi connectivity index (χ3n) is 3.02. The molecule has 1 atom stereocenters. The predicted molar refractivity (Wildman–Crippen MR) is 78.5 cm³/mol. The number of hydrogen-bond acceptors (Lipinski definition) is 3. The standard InChI is InChI=1S/C15H16ClNO3/c1-10(4-6-12-3-2-8-20-12)17-14-9-11(16)5-7-13(14)15(18)19/h2-3,5,7-10,17H,4,6H2,1H3,(H,18,19). The van der Waals surface area contributed by atoms with Gasteiger partial charge in [-0.1, -0.05) is 11.6 Å². The Kier molecular flexibility index (Phi) is 4.69. The largest absolute Gasteiger partial charge is 0.478 e. The SMILES string of the molecule is CC(CCc1ccco1)Nc1cc(Cl)ccc1C(=O)O. The van der Waals surface area contributed by atoms with E-state index < -0.39 is 5.97 Å². The highest BCUT2D eigenvalue weighted by Gasteiger charge is 2.13. The molecule has 2 N–H and O–H groups in total. The Balaban J connectivity index is 2.01. The van der Waals surface area contributed by atoms with Gasteiger partial charge in [0, 0.05) is 17.5 Å². The molecule has 0 bridgehead atoms. The second-order valence-corrected chi connectivity index (χ2v) is 5.09. The van der Waals surface area contributed by atoms with Crippen molar-refractivity contribution < 1.29 is 14.3 Å². The number of halogens is 1. The van der Waals surface area contributed by atoms with Crippen LogP contribution < -0.4 is 5.32 Å². The monoisotopic (exact) mass is 293 g/mol. The lowest BCUT2D eigenvalue weighted by Crippen LogP contribution is -2.18. The van der Waals surface area contributed by atoms with E-state index in [4.69, 9.17) is 21.1 Å². The number of nitrogens with one attached hydrogen (secondary N) is 1. The lowest BCUT2D eigenvalue weighted by Gasteiger charge is -2.16. The van der Waals surface area contributed by atoms with Gasteiger partial charge in [0.1, 0.15) is 5.76 Å². The van der Waals surface area contributed by atoms with Crippen molar-refractivity contribution in [3.05, 3.63) is 52.9 Å². The topological polar surface area (TPSA) is 62.5 Å². The molecule has 2 rings (SSSR count). The second kappa shape index (κ2) is 6.48. The van der Waals surface area contributed by atoms with Crippen LogP contribution in [0.3, 0.4) is 0 Å². The van der Waals surface area contributed by atoms with E-state index >= 15 is 0 Å². The van der Waals surface area contributed by atoms with E-state index in [0.717, 1.165) is 18.6 Å². The van der Waals surface area contributed by atoms with Crippen LogP contribution in [0.25, 0.3) is 0 Å². The molecule has 1 heterocycles. The summed E-state index contributed by atoms with van der Waals surface area (Å²) >= 11 is 5.92. The van der Waals surface area contributed by atoms with Crippen LogP contribution in [0, 0.1) is 0 Å². The fourth-order valence-electron chi connectivity index (χ4n) is 1.97. The molecule has 0 saturated heterocycles. The summed E-state index contributed by atoms with van der Waals surface area (Å²) in [5, 5.41) is 12.8. The predicted octanol–water partition coefficient (Wildman–Crippen LogP) is 4.06. The second-order valence-electron chi connectivity index (χ2n) is 4.66. The van der Waals surface area contributed by atoms with E-state index in [1.54, 1.807) is 18.4 Å². The highest BCUT2D eigenvalue weighted by atomic mass is 35.5. The van der Waals surface area contributed by atoms with Crippen molar-refractivity contribution in [2.45, 2.75) is 25.8 Å². The highest BCUT2D eigenvalue weighted by molar-refractivity contribution is 6.31. The molecular weight excluding hydrogens is 278 g/mol. The Hall–Kier alpha value is -1.94. The molecule has 1 aromatic carbocycles. The van der Waals surface area contributed by atoms with Crippen LogP contribution in [0.4, 0.5) is 5.69 Å². The van der Waals surface area contributed by atoms with Crippen molar-refractivity contribution in [3.8, 4) is 0 Å². The molecule has 1 unspecified atom stereocenters. The van der Waals surface area contributed by atoms with Gasteiger partial charge in [-0.05, 0) is 43.7 Å². The Morgan fingerprint density at radius 2 is 2.25 bits per heavy atom. The lowest BCUT2D eigenvalue weighted by atomic mass is 10.1. The van der Waals surface area contributed by atoms with E-state index in [1.165, 1.54) is 6.07 Å². The molecule has 0 spiro atoms. The van der Waals surface area contributed by atoms with Gasteiger partial charge in [-0.15, -0.1) is 0 Å². The molecule has 0 aliphatic heterocycles. The first-order valence-corrected chi connectivity index (χ1v) is 6.76. The van der Waals surface area contributed by atoms with Crippen molar-refractivity contribution in [3.63, 3.8) is 0 Å². The van der Waals surface area contributed by atoms with Crippen LogP contribution in [0.5, 0.6) is 0 Å². The van der Waals surface area contributed by atoms with Gasteiger partial charge in [-0.25, -0.2) is 4.79 Å². The highest BCUT2D eigenvalue weighted by Crippen LogP contribution is 2.22. The number of hydrogen-bond donors (Lipinski definition) is 2. The molecule has 0 fully saturated rings. The van der Waals surface area contributed by atoms with Gasteiger partial charge in [-0.3, -0.25) is 0 Å². The Bertz CT molecular complexity index is 581. The first-order valence-electron chi connectivity index (χ1n) is 6.38. The zero-order chi connectivity index (χ0) is 14.5. The van der Waals surface area contributed by atoms with Crippen LogP contribution in [-0.2, 0) is 6.42 Å². The first kappa shape index (κ1) is 14.5. The molecule has 0 saturated carbocycles. The van der Waals surface area contributed by atoms with E-state index in [9.17, 15) is 4.79 Å². The summed E-state index contributed by atoms with van der Waals surface area (Å²) in [6.07, 6.45) is 3.27. The van der Waals surface area contributed by atoms with E-state index in [-0.39, 0.29) is 11.6 Å². The van der Waals surface area contributed by atoms with Crippen molar-refractivity contribution in [2.24, 2.45) is 0 Å². The summed E-state index contributed by atoms with van der Waals surface area (Å²) in [5.41, 5.74) is 0.760. The molecule has 2 aromatic rings. The third kappa shape index (κ3) is 3.78. The number of anilines is 1. The summed E-state index contributed by atoms with van der Waals surface area (Å²) < 4.78 is 5.27. The van der Waals surface area contributed by atoms with Gasteiger partial charge in [0.15, 0.2) is 0 Å². The van der Waals surface area contributed by atoms with Crippen LogP contribution in [0.2, 0.25) is 5.02 Å². The number of aryl methyl sites for hydroxylation is 1. The Morgan fingerprint density at radius 1 is 1.45 bits per heavy atom. The zero-order valence-corrected chi connectivity index (χ0v) is 11.9. The molecule has 0 radical (unpaired) electrons. The number of furan rings is 1. The summed E-state index contributed by atoms with van der Waals surface area (Å²) in [5.74, 6) is -0.0504. The number of benzene rings is 1. The van der Waals surface area contributed by atoms with Gasteiger partial charge in [0.05, 0.1) is 17.5 Å². The maximum absolute atomic E-state index is 11.2. The average Bonchev–Trinajstić information content (AvgIpc) is 2.89. The maximum atomic E-state index is 11.2. The van der Waals surface area contributed by atoms with Gasteiger partial charge in [0.25, 0.3) is 0 Å². The smallest absolute Gasteiger partial charge is 0.337 e. The molecule has 0 aliphatic rings. The first-order chi connectivity index (χ1) is 9.56. The Morgan fingerprint density at radius 3 is 2.90 bits per heavy atom. The molecule has 5 heteroatoms. The van der Waals surface area contributed by atoms with Gasteiger partial charge in [0.2, 0.25) is 0 Å². The fourth-order valence-corrected chi connectivity index (χ4v) is 2.15. The van der Waals surface area contributed by atoms with E-state index in [1.807, 2.05) is 19.1 Å². The molecule has 1 aromatic heterocycles. The van der Waals surface area contributed by atoms with Crippen LogP contribution >= 0.6 is 11.6 Å². The van der Waals surface area contributed by atoms with Crippen LogP contribution in [-0.4, -0.2) is 17.1 Å². The molecule has 4 nitrogen and oxygen atoms in total. The van der Waals surface area contributed by atoms with Gasteiger partial charge in [-0.2, -0.15) is 0 Å². The lowest BCUT2D eigenvalue weighted by molar-refractivity contribution is 0.0698. The fraction of sp³-hybridized carbons (Fsp3) is 0.267. The quantitative estimate of drug-likeness (QED) is 0.843. The molecule has 0 aliphatic carbocycles. The number of carboxylic acid groups (broad SMARTS) is 1. The zero-order valence-electron chi connectivity index (χ0n) is 11.1. The van der Waals surface area contributed by atoms with Crippen LogP contribution in [0.15, 0.2) is 41.0 Å². The summed E-state index contributed by atoms with van der Waals surface area (Å²) in [7, 11) is 0. The third-order valence-corrected chi connectivity index (χ3v) is 3.25. The maximum Gasteiger partial charge on any atom is 0.337 e. The molecule has 106 valence electrons. The molecule has 20 heavy (non-hydrogen) atoms. The van der Waals surface area contributed by atoms with Gasteiger partial charge >= 0.3 is 5.97 Å². The summed E-state index contributed by atoms with van der Waals surface area (Å²) in [6.45, 7) is 2.00. The summed E-state index contributed by atoms with van der Waals surface area (Å²) in [4.78, 5) is 11.2. The van der Waals surface area contributed by atoms with Crippen molar-refractivity contribution in [1.29, 1.82) is 0 Å². The van der Waals surface area contributed by atoms with Crippen LogP contribution in [0.1, 0.15) is 29.5 Å². The van der Waals surface area contributed by atoms with Crippen molar-refractivity contribution in [2.75, 3.05) is 5.32 Å². The molecule has 0 amide bonds. The van der Waals surface area contributed by atoms with E-state index in [2.05, 4.69) is 5.32 Å². The summed E-state index contributed by atoms with van der Waals surface area (Å²) in [6, 6.07) is 8.60. The number of rotatable bonds is 6. The minimum atomic E-state index is -0.970.